The van der Waals surface area contributed by atoms with Crippen molar-refractivity contribution in [3.63, 3.8) is 0 Å². The number of nitrogens with zero attached hydrogens (tertiary/aromatic N) is 4. The van der Waals surface area contributed by atoms with Gasteiger partial charge in [0.1, 0.15) is 5.01 Å². The van der Waals surface area contributed by atoms with Crippen molar-refractivity contribution < 1.29 is 0 Å². The first-order valence-corrected chi connectivity index (χ1v) is 7.36. The first kappa shape index (κ1) is 13.2. The zero-order valence-electron chi connectivity index (χ0n) is 10.4. The highest BCUT2D eigenvalue weighted by Gasteiger charge is 2.26. The lowest BCUT2D eigenvalue weighted by molar-refractivity contribution is 0.209. The number of halogens is 1. The largest absolute Gasteiger partial charge is 0.300 e. The van der Waals surface area contributed by atoms with Gasteiger partial charge < -0.3 is 0 Å². The van der Waals surface area contributed by atoms with E-state index in [0.717, 1.165) is 37.7 Å². The van der Waals surface area contributed by atoms with Crippen LogP contribution in [0.3, 0.4) is 0 Å². The van der Waals surface area contributed by atoms with Crippen LogP contribution in [0.5, 0.6) is 0 Å². The predicted molar refractivity (Wildman–Crippen MR) is 71.5 cm³/mol. The van der Waals surface area contributed by atoms with E-state index in [2.05, 4.69) is 33.8 Å². The van der Waals surface area contributed by atoms with Crippen LogP contribution in [0.15, 0.2) is 0 Å². The number of aromatic nitrogens is 2. The lowest BCUT2D eigenvalue weighted by atomic mass is 10.2. The van der Waals surface area contributed by atoms with Gasteiger partial charge in [-0.2, -0.15) is 0 Å². The van der Waals surface area contributed by atoms with Crippen LogP contribution in [-0.4, -0.2) is 52.2 Å². The van der Waals surface area contributed by atoms with E-state index in [1.807, 2.05) is 0 Å². The van der Waals surface area contributed by atoms with Gasteiger partial charge in [-0.15, -0.1) is 10.2 Å². The highest BCUT2D eigenvalue weighted by molar-refractivity contribution is 7.15. The van der Waals surface area contributed by atoms with Crippen LogP contribution in [0, 0.1) is 0 Å². The van der Waals surface area contributed by atoms with Crippen molar-refractivity contribution in [3.8, 4) is 0 Å². The summed E-state index contributed by atoms with van der Waals surface area (Å²) in [6.07, 6.45) is 1.26. The summed E-state index contributed by atoms with van der Waals surface area (Å²) in [5.74, 6) is 0. The average molecular weight is 275 g/mol. The molecule has 0 amide bonds. The van der Waals surface area contributed by atoms with Gasteiger partial charge in [-0.25, -0.2) is 0 Å². The van der Waals surface area contributed by atoms with E-state index in [0.29, 0.717) is 10.5 Å². The fraction of sp³-hybridized carbons (Fsp3) is 0.818. The Bertz CT molecular complexity index is 353. The Hall–Kier alpha value is -0.230. The second-order valence-corrected chi connectivity index (χ2v) is 5.99. The molecule has 1 unspecified atom stereocenters. The predicted octanol–water partition coefficient (Wildman–Crippen LogP) is 2.11. The van der Waals surface area contributed by atoms with Gasteiger partial charge in [-0.05, 0) is 31.1 Å². The Morgan fingerprint density at radius 2 is 2.18 bits per heavy atom. The summed E-state index contributed by atoms with van der Waals surface area (Å²) in [6, 6.07) is 0.702. The quantitative estimate of drug-likeness (QED) is 0.823. The van der Waals surface area contributed by atoms with Crippen LogP contribution in [0.1, 0.15) is 25.3 Å². The molecule has 96 valence electrons. The average Bonchev–Trinajstić information content (AvgIpc) is 2.91. The second kappa shape index (κ2) is 6.09. The van der Waals surface area contributed by atoms with E-state index in [9.17, 15) is 0 Å². The summed E-state index contributed by atoms with van der Waals surface area (Å²) in [7, 11) is 0. The normalized spacial score (nSPS) is 21.5. The Balaban J connectivity index is 1.85. The van der Waals surface area contributed by atoms with Crippen LogP contribution in [0.2, 0.25) is 4.47 Å². The zero-order chi connectivity index (χ0) is 12.3. The Kier molecular flexibility index (Phi) is 4.73. The maximum absolute atomic E-state index is 5.79. The van der Waals surface area contributed by atoms with E-state index >= 15 is 0 Å². The van der Waals surface area contributed by atoms with Crippen molar-refractivity contribution in [2.24, 2.45) is 0 Å². The molecule has 0 spiro atoms. The highest BCUT2D eigenvalue weighted by Crippen LogP contribution is 2.21. The highest BCUT2D eigenvalue weighted by atomic mass is 35.5. The lowest BCUT2D eigenvalue weighted by Gasteiger charge is -2.26. The Morgan fingerprint density at radius 1 is 1.41 bits per heavy atom. The van der Waals surface area contributed by atoms with Crippen LogP contribution in [-0.2, 0) is 6.54 Å². The van der Waals surface area contributed by atoms with Gasteiger partial charge >= 0.3 is 0 Å². The summed E-state index contributed by atoms with van der Waals surface area (Å²) in [5.41, 5.74) is 0. The van der Waals surface area contributed by atoms with E-state index in [1.165, 1.54) is 17.8 Å². The molecule has 0 radical (unpaired) electrons. The van der Waals surface area contributed by atoms with Gasteiger partial charge in [0.15, 0.2) is 0 Å². The summed E-state index contributed by atoms with van der Waals surface area (Å²) in [4.78, 5) is 4.98. The molecule has 1 aliphatic rings. The zero-order valence-corrected chi connectivity index (χ0v) is 12.0. The van der Waals surface area contributed by atoms with Gasteiger partial charge in [-0.1, -0.05) is 25.2 Å². The van der Waals surface area contributed by atoms with Gasteiger partial charge in [0.2, 0.25) is 4.47 Å². The topological polar surface area (TPSA) is 32.3 Å². The molecule has 0 saturated carbocycles. The molecule has 1 atom stereocenters. The van der Waals surface area contributed by atoms with Crippen LogP contribution in [0.4, 0.5) is 0 Å². The number of likely N-dealkylation sites (N-methyl/N-ethyl adjacent to an activating group) is 1. The first-order chi connectivity index (χ1) is 8.22. The Morgan fingerprint density at radius 3 is 2.76 bits per heavy atom. The summed E-state index contributed by atoms with van der Waals surface area (Å²) in [5, 5.41) is 8.94. The van der Waals surface area contributed by atoms with Crippen LogP contribution < -0.4 is 0 Å². The van der Waals surface area contributed by atoms with Crippen LogP contribution >= 0.6 is 22.9 Å². The molecule has 2 heterocycles. The molecule has 1 aliphatic heterocycles. The van der Waals surface area contributed by atoms with E-state index in [4.69, 9.17) is 11.6 Å². The monoisotopic (exact) mass is 274 g/mol. The smallest absolute Gasteiger partial charge is 0.207 e. The third-order valence-electron chi connectivity index (χ3n) is 3.38. The number of hydrogen-bond acceptors (Lipinski definition) is 5. The molecular formula is C11H19ClN4S. The van der Waals surface area contributed by atoms with E-state index in [1.54, 1.807) is 0 Å². The fourth-order valence-electron chi connectivity index (χ4n) is 2.48. The van der Waals surface area contributed by atoms with E-state index < -0.39 is 0 Å². The van der Waals surface area contributed by atoms with Gasteiger partial charge in [0.05, 0.1) is 6.54 Å². The summed E-state index contributed by atoms with van der Waals surface area (Å²) in [6.45, 7) is 9.92. The molecule has 1 aromatic rings. The standard InChI is InChI=1S/C11H19ClN4S/c1-3-16(4-2)9-5-6-15(7-9)8-10-13-14-11(12)17-10/h9H,3-8H2,1-2H3. The molecule has 17 heavy (non-hydrogen) atoms. The fourth-order valence-corrected chi connectivity index (χ4v) is 3.39. The maximum atomic E-state index is 5.79. The summed E-state index contributed by atoms with van der Waals surface area (Å²) >= 11 is 7.27. The molecular weight excluding hydrogens is 256 g/mol. The van der Waals surface area contributed by atoms with Gasteiger partial charge in [-0.3, -0.25) is 9.80 Å². The number of likely N-dealkylation sites (tertiary alicyclic amines) is 1. The van der Waals surface area contributed by atoms with Crippen molar-refractivity contribution >= 4 is 22.9 Å². The molecule has 4 nitrogen and oxygen atoms in total. The van der Waals surface area contributed by atoms with Crippen molar-refractivity contribution in [2.45, 2.75) is 32.9 Å². The molecule has 0 bridgehead atoms. The van der Waals surface area contributed by atoms with Crippen molar-refractivity contribution in [2.75, 3.05) is 26.2 Å². The molecule has 0 N–H and O–H groups in total. The molecule has 1 saturated heterocycles. The first-order valence-electron chi connectivity index (χ1n) is 6.17. The minimum absolute atomic E-state index is 0.541. The van der Waals surface area contributed by atoms with Crippen LogP contribution in [0.25, 0.3) is 0 Å². The Labute approximate surface area is 112 Å². The second-order valence-electron chi connectivity index (χ2n) is 4.35. The van der Waals surface area contributed by atoms with Crippen molar-refractivity contribution in [1.82, 2.24) is 20.0 Å². The molecule has 1 aromatic heterocycles. The minimum atomic E-state index is 0.541. The van der Waals surface area contributed by atoms with Crippen molar-refractivity contribution in [1.29, 1.82) is 0 Å². The number of rotatable bonds is 5. The van der Waals surface area contributed by atoms with Gasteiger partial charge in [0.25, 0.3) is 0 Å². The molecule has 0 aliphatic carbocycles. The van der Waals surface area contributed by atoms with E-state index in [-0.39, 0.29) is 0 Å². The third kappa shape index (κ3) is 3.37. The molecule has 1 fully saturated rings. The molecule has 2 rings (SSSR count). The van der Waals surface area contributed by atoms with Crippen molar-refractivity contribution in [3.05, 3.63) is 9.47 Å². The maximum Gasteiger partial charge on any atom is 0.207 e. The number of hydrogen-bond donors (Lipinski definition) is 0. The molecule has 0 aromatic carbocycles. The molecule has 6 heteroatoms. The van der Waals surface area contributed by atoms with Gasteiger partial charge in [0, 0.05) is 19.1 Å². The lowest BCUT2D eigenvalue weighted by Crippen LogP contribution is -2.37. The SMILES string of the molecule is CCN(CC)C1CCN(Cc2nnc(Cl)s2)C1. The minimum Gasteiger partial charge on any atom is -0.300 e. The third-order valence-corrected chi connectivity index (χ3v) is 4.38. The summed E-state index contributed by atoms with van der Waals surface area (Å²) < 4.78 is 0.541.